The van der Waals surface area contributed by atoms with Crippen LogP contribution in [0.3, 0.4) is 0 Å². The second-order valence-corrected chi connectivity index (χ2v) is 8.26. The molecule has 3 rings (SSSR count). The van der Waals surface area contributed by atoms with Crippen molar-refractivity contribution in [2.45, 2.75) is 26.4 Å². The Labute approximate surface area is 201 Å². The van der Waals surface area contributed by atoms with E-state index in [1.165, 1.54) is 0 Å². The number of ether oxygens (including phenoxy) is 6. The molecule has 2 aromatic rings. The highest BCUT2D eigenvalue weighted by Gasteiger charge is 2.39. The maximum absolute atomic E-state index is 12.4. The molecule has 184 valence electrons. The molecule has 2 aromatic carbocycles. The van der Waals surface area contributed by atoms with Gasteiger partial charge in [0.2, 0.25) is 0 Å². The zero-order valence-electron chi connectivity index (χ0n) is 20.8. The summed E-state index contributed by atoms with van der Waals surface area (Å²) < 4.78 is 33.7. The fourth-order valence-corrected chi connectivity index (χ4v) is 4.24. The van der Waals surface area contributed by atoms with Crippen LogP contribution in [0.25, 0.3) is 0 Å². The first-order chi connectivity index (χ1) is 16.4. The van der Waals surface area contributed by atoms with Gasteiger partial charge in [-0.05, 0) is 61.6 Å². The average molecular weight is 471 g/mol. The minimum Gasteiger partial charge on any atom is -0.493 e. The molecule has 0 saturated carbocycles. The molecule has 0 aliphatic carbocycles. The van der Waals surface area contributed by atoms with Crippen molar-refractivity contribution >= 4 is 5.97 Å². The average Bonchev–Trinajstić information content (AvgIpc) is 3.27. The van der Waals surface area contributed by atoms with Crippen molar-refractivity contribution in [2.24, 2.45) is 11.8 Å². The fraction of sp³-hybridized carbons (Fsp3) is 0.444. The van der Waals surface area contributed by atoms with Crippen molar-refractivity contribution in [3.63, 3.8) is 0 Å². The Morgan fingerprint density at radius 1 is 0.941 bits per heavy atom. The summed E-state index contributed by atoms with van der Waals surface area (Å²) in [7, 11) is 6.46. The highest BCUT2D eigenvalue weighted by Crippen LogP contribution is 2.43. The number of allylic oxidation sites excluding steroid dienone is 1. The van der Waals surface area contributed by atoms with Crippen LogP contribution in [0, 0.1) is 11.8 Å². The third-order valence-corrected chi connectivity index (χ3v) is 6.33. The van der Waals surface area contributed by atoms with Gasteiger partial charge >= 0.3 is 5.97 Å². The predicted molar refractivity (Wildman–Crippen MR) is 129 cm³/mol. The van der Waals surface area contributed by atoms with Crippen LogP contribution < -0.4 is 18.9 Å². The first-order valence-corrected chi connectivity index (χ1v) is 11.3. The number of carbonyl (C=O) groups excluding carboxylic acids is 1. The van der Waals surface area contributed by atoms with Gasteiger partial charge in [-0.3, -0.25) is 0 Å². The lowest BCUT2D eigenvalue weighted by Gasteiger charge is -2.24. The summed E-state index contributed by atoms with van der Waals surface area (Å²) in [5.41, 5.74) is 2.63. The molecule has 1 heterocycles. The lowest BCUT2D eigenvalue weighted by Crippen LogP contribution is -2.24. The second kappa shape index (κ2) is 11.8. The van der Waals surface area contributed by atoms with E-state index in [1.807, 2.05) is 43.3 Å². The van der Waals surface area contributed by atoms with E-state index in [0.29, 0.717) is 35.2 Å². The van der Waals surface area contributed by atoms with Gasteiger partial charge in [-0.2, -0.15) is 0 Å². The Morgan fingerprint density at radius 2 is 1.56 bits per heavy atom. The van der Waals surface area contributed by atoms with Gasteiger partial charge in [0.05, 0.1) is 47.8 Å². The molecule has 0 spiro atoms. The van der Waals surface area contributed by atoms with E-state index < -0.39 is 0 Å². The first-order valence-electron chi connectivity index (χ1n) is 11.3. The normalized spacial score (nSPS) is 20.1. The Morgan fingerprint density at radius 3 is 2.18 bits per heavy atom. The molecule has 0 N–H and O–H groups in total. The fourth-order valence-electron chi connectivity index (χ4n) is 4.24. The van der Waals surface area contributed by atoms with Crippen LogP contribution in [0.1, 0.15) is 31.1 Å². The van der Waals surface area contributed by atoms with Crippen LogP contribution in [-0.2, 0) is 20.7 Å². The zero-order chi connectivity index (χ0) is 24.7. The lowest BCUT2D eigenvalue weighted by molar-refractivity contribution is -0.141. The van der Waals surface area contributed by atoms with Gasteiger partial charge in [-0.25, -0.2) is 4.79 Å². The molecule has 0 bridgehead atoms. The maximum Gasteiger partial charge on any atom is 0.333 e. The highest BCUT2D eigenvalue weighted by molar-refractivity contribution is 5.87. The van der Waals surface area contributed by atoms with Gasteiger partial charge < -0.3 is 28.4 Å². The van der Waals surface area contributed by atoms with E-state index in [0.717, 1.165) is 17.5 Å². The predicted octanol–water partition coefficient (Wildman–Crippen LogP) is 4.78. The molecule has 7 nitrogen and oxygen atoms in total. The van der Waals surface area contributed by atoms with E-state index in [9.17, 15) is 4.79 Å². The third kappa shape index (κ3) is 5.65. The number of hydrogen-bond acceptors (Lipinski definition) is 7. The molecule has 3 unspecified atom stereocenters. The topological polar surface area (TPSA) is 72.5 Å². The van der Waals surface area contributed by atoms with Gasteiger partial charge in [0.25, 0.3) is 0 Å². The maximum atomic E-state index is 12.4. The molecule has 1 saturated heterocycles. The Bertz CT molecular complexity index is 1010. The molecular weight excluding hydrogens is 436 g/mol. The van der Waals surface area contributed by atoms with Crippen molar-refractivity contribution in [2.75, 3.05) is 41.7 Å². The summed E-state index contributed by atoms with van der Waals surface area (Å²) in [6, 6.07) is 11.7. The molecule has 34 heavy (non-hydrogen) atoms. The Kier molecular flexibility index (Phi) is 8.82. The van der Waals surface area contributed by atoms with Crippen LogP contribution in [0.2, 0.25) is 0 Å². The Hall–Kier alpha value is -3.19. The van der Waals surface area contributed by atoms with Crippen LogP contribution in [0.4, 0.5) is 0 Å². The molecule has 0 amide bonds. The van der Waals surface area contributed by atoms with Crippen molar-refractivity contribution in [3.05, 3.63) is 59.2 Å². The van der Waals surface area contributed by atoms with E-state index in [2.05, 4.69) is 0 Å². The summed E-state index contributed by atoms with van der Waals surface area (Å²) in [6.07, 6.45) is 2.25. The number of esters is 1. The van der Waals surface area contributed by atoms with E-state index in [4.69, 9.17) is 28.4 Å². The van der Waals surface area contributed by atoms with Gasteiger partial charge in [0.1, 0.15) is 0 Å². The molecule has 3 atom stereocenters. The number of rotatable bonds is 10. The molecular formula is C27H34O7. The summed E-state index contributed by atoms with van der Waals surface area (Å²) in [4.78, 5) is 12.4. The van der Waals surface area contributed by atoms with Crippen LogP contribution in [-0.4, -0.2) is 47.6 Å². The van der Waals surface area contributed by atoms with Crippen LogP contribution in [0.15, 0.2) is 48.0 Å². The van der Waals surface area contributed by atoms with Crippen LogP contribution >= 0.6 is 0 Å². The third-order valence-electron chi connectivity index (χ3n) is 6.33. The van der Waals surface area contributed by atoms with Crippen LogP contribution in [0.5, 0.6) is 23.0 Å². The SMILES string of the molecule is C/C=C(\C)C(=O)OCC1C(Cc2ccc(OC)c(OC)c2)COC1c1ccc(OC)c(OC)c1. The summed E-state index contributed by atoms with van der Waals surface area (Å²) >= 11 is 0. The highest BCUT2D eigenvalue weighted by atomic mass is 16.5. The molecule has 0 aromatic heterocycles. The Balaban J connectivity index is 1.87. The molecule has 1 aliphatic heterocycles. The first kappa shape index (κ1) is 25.4. The minimum atomic E-state index is -0.315. The molecule has 7 heteroatoms. The molecule has 0 radical (unpaired) electrons. The van der Waals surface area contributed by atoms with Gasteiger partial charge in [-0.15, -0.1) is 0 Å². The van der Waals surface area contributed by atoms with Gasteiger partial charge in [-0.1, -0.05) is 18.2 Å². The monoisotopic (exact) mass is 470 g/mol. The van der Waals surface area contributed by atoms with Gasteiger partial charge in [0, 0.05) is 11.5 Å². The van der Waals surface area contributed by atoms with Crippen molar-refractivity contribution in [1.82, 2.24) is 0 Å². The smallest absolute Gasteiger partial charge is 0.333 e. The van der Waals surface area contributed by atoms with E-state index in [-0.39, 0.29) is 30.5 Å². The summed E-state index contributed by atoms with van der Waals surface area (Å²) in [5.74, 6) is 2.43. The number of methoxy groups -OCH3 is 4. The lowest BCUT2D eigenvalue weighted by atomic mass is 9.84. The summed E-state index contributed by atoms with van der Waals surface area (Å²) in [5, 5.41) is 0. The summed E-state index contributed by atoms with van der Waals surface area (Å²) in [6.45, 7) is 4.36. The largest absolute Gasteiger partial charge is 0.493 e. The molecule has 1 fully saturated rings. The standard InChI is InChI=1S/C27H34O7/c1-7-17(2)27(28)34-16-21-20(12-18-8-10-22(29-3)24(13-18)31-5)15-33-26(21)19-9-11-23(30-4)25(14-19)32-6/h7-11,13-14,20-21,26H,12,15-16H2,1-6H3/b17-7+. The zero-order valence-corrected chi connectivity index (χ0v) is 20.8. The number of hydrogen-bond donors (Lipinski definition) is 0. The number of benzene rings is 2. The number of carbonyl (C=O) groups is 1. The van der Waals surface area contributed by atoms with Crippen molar-refractivity contribution in [3.8, 4) is 23.0 Å². The quantitative estimate of drug-likeness (QED) is 0.366. The van der Waals surface area contributed by atoms with Crippen molar-refractivity contribution in [1.29, 1.82) is 0 Å². The van der Waals surface area contributed by atoms with E-state index in [1.54, 1.807) is 41.4 Å². The van der Waals surface area contributed by atoms with Crippen molar-refractivity contribution < 1.29 is 33.2 Å². The van der Waals surface area contributed by atoms with E-state index >= 15 is 0 Å². The second-order valence-electron chi connectivity index (χ2n) is 8.26. The minimum absolute atomic E-state index is 0.0418. The van der Waals surface area contributed by atoms with Gasteiger partial charge in [0.15, 0.2) is 23.0 Å². The molecule has 1 aliphatic rings.